The van der Waals surface area contributed by atoms with Gasteiger partial charge in [-0.15, -0.1) is 0 Å². The Balaban J connectivity index is 1.40. The van der Waals surface area contributed by atoms with Crippen molar-refractivity contribution in [1.29, 1.82) is 0 Å². The maximum absolute atomic E-state index is 12.2. The van der Waals surface area contributed by atoms with E-state index in [0.29, 0.717) is 43.7 Å². The van der Waals surface area contributed by atoms with Crippen LogP contribution in [0.4, 0.5) is 0 Å². The molecule has 3 rings (SSSR count). The Labute approximate surface area is 154 Å². The van der Waals surface area contributed by atoms with Gasteiger partial charge in [0.2, 0.25) is 5.91 Å². The minimum atomic E-state index is -0.0453. The summed E-state index contributed by atoms with van der Waals surface area (Å²) in [6.45, 7) is 4.09. The van der Waals surface area contributed by atoms with Crippen LogP contribution in [0.2, 0.25) is 0 Å². The summed E-state index contributed by atoms with van der Waals surface area (Å²) in [6.07, 6.45) is 1.97. The van der Waals surface area contributed by atoms with Crippen LogP contribution in [0, 0.1) is 5.92 Å². The van der Waals surface area contributed by atoms with Crippen LogP contribution in [0.5, 0.6) is 11.5 Å². The first-order valence-corrected chi connectivity index (χ1v) is 9.12. The van der Waals surface area contributed by atoms with E-state index in [-0.39, 0.29) is 12.2 Å². The maximum Gasteiger partial charge on any atom is 0.234 e. The van der Waals surface area contributed by atoms with Gasteiger partial charge in [-0.1, -0.05) is 6.07 Å². The Kier molecular flexibility index (Phi) is 6.71. The number of benzene rings is 1. The van der Waals surface area contributed by atoms with E-state index in [2.05, 4.69) is 10.2 Å². The number of amides is 1. The summed E-state index contributed by atoms with van der Waals surface area (Å²) in [5, 5.41) is 2.98. The van der Waals surface area contributed by atoms with Crippen molar-refractivity contribution >= 4 is 5.91 Å². The van der Waals surface area contributed by atoms with Gasteiger partial charge in [-0.2, -0.15) is 0 Å². The summed E-state index contributed by atoms with van der Waals surface area (Å²) < 4.78 is 21.7. The number of ether oxygens (including phenoxy) is 4. The van der Waals surface area contributed by atoms with Crippen LogP contribution >= 0.6 is 0 Å². The topological polar surface area (TPSA) is 69.3 Å². The lowest BCUT2D eigenvalue weighted by molar-refractivity contribution is -0.124. The highest BCUT2D eigenvalue weighted by Gasteiger charge is 2.30. The molecule has 0 unspecified atom stereocenters. The summed E-state index contributed by atoms with van der Waals surface area (Å²) in [6, 6.07) is 5.65. The second kappa shape index (κ2) is 9.21. The molecular weight excluding hydrogens is 336 g/mol. The Morgan fingerprint density at radius 3 is 2.50 bits per heavy atom. The average molecular weight is 364 g/mol. The molecule has 2 saturated heterocycles. The van der Waals surface area contributed by atoms with E-state index in [9.17, 15) is 4.79 Å². The maximum atomic E-state index is 12.2. The van der Waals surface area contributed by atoms with Crippen LogP contribution in [0.1, 0.15) is 18.4 Å². The fourth-order valence-electron chi connectivity index (χ4n) is 3.48. The minimum absolute atomic E-state index is 0.0339. The summed E-state index contributed by atoms with van der Waals surface area (Å²) in [7, 11) is 3.21. The monoisotopic (exact) mass is 364 g/mol. The predicted molar refractivity (Wildman–Crippen MR) is 96.2 cm³/mol. The van der Waals surface area contributed by atoms with E-state index in [1.807, 2.05) is 18.2 Å². The van der Waals surface area contributed by atoms with Crippen LogP contribution in [0.15, 0.2) is 18.2 Å². The molecule has 0 saturated carbocycles. The summed E-state index contributed by atoms with van der Waals surface area (Å²) in [4.78, 5) is 14.4. The number of hydrogen-bond acceptors (Lipinski definition) is 6. The van der Waals surface area contributed by atoms with Crippen molar-refractivity contribution in [1.82, 2.24) is 10.2 Å². The van der Waals surface area contributed by atoms with Gasteiger partial charge < -0.3 is 24.3 Å². The molecule has 144 valence electrons. The van der Waals surface area contributed by atoms with E-state index in [1.54, 1.807) is 14.2 Å². The van der Waals surface area contributed by atoms with Crippen LogP contribution < -0.4 is 14.8 Å². The number of hydrogen-bond donors (Lipinski definition) is 1. The number of nitrogens with one attached hydrogen (secondary N) is 1. The number of carbonyl (C=O) groups excluding carboxylic acids is 1. The molecule has 1 aromatic rings. The van der Waals surface area contributed by atoms with Gasteiger partial charge >= 0.3 is 0 Å². The molecule has 2 fully saturated rings. The van der Waals surface area contributed by atoms with Crippen LogP contribution in [0.3, 0.4) is 0 Å². The molecule has 1 amide bonds. The summed E-state index contributed by atoms with van der Waals surface area (Å²) in [5.74, 6) is 1.83. The molecule has 0 radical (unpaired) electrons. The molecule has 7 nitrogen and oxygen atoms in total. The third-order valence-corrected chi connectivity index (χ3v) is 4.97. The third-order valence-electron chi connectivity index (χ3n) is 4.97. The summed E-state index contributed by atoms with van der Waals surface area (Å²) in [5.41, 5.74) is 0.977. The molecule has 0 aromatic heterocycles. The van der Waals surface area contributed by atoms with Gasteiger partial charge in [0.05, 0.1) is 34.0 Å². The van der Waals surface area contributed by atoms with Crippen molar-refractivity contribution < 1.29 is 23.7 Å². The van der Waals surface area contributed by atoms with E-state index < -0.39 is 0 Å². The van der Waals surface area contributed by atoms with Crippen molar-refractivity contribution in [3.63, 3.8) is 0 Å². The highest BCUT2D eigenvalue weighted by atomic mass is 16.7. The van der Waals surface area contributed by atoms with Crippen molar-refractivity contribution in [3.05, 3.63) is 23.8 Å². The first kappa shape index (κ1) is 18.9. The smallest absolute Gasteiger partial charge is 0.234 e. The molecule has 2 heterocycles. The molecule has 7 heteroatoms. The minimum Gasteiger partial charge on any atom is -0.493 e. The van der Waals surface area contributed by atoms with E-state index >= 15 is 0 Å². The second-order valence-corrected chi connectivity index (χ2v) is 6.69. The number of methoxy groups -OCH3 is 2. The van der Waals surface area contributed by atoms with Gasteiger partial charge in [0.1, 0.15) is 0 Å². The molecule has 0 aliphatic carbocycles. The quantitative estimate of drug-likeness (QED) is 0.789. The fourth-order valence-corrected chi connectivity index (χ4v) is 3.48. The average Bonchev–Trinajstić information content (AvgIpc) is 3.21. The van der Waals surface area contributed by atoms with Gasteiger partial charge in [0.25, 0.3) is 0 Å². The van der Waals surface area contributed by atoms with E-state index in [1.165, 1.54) is 0 Å². The SMILES string of the molecule is COc1ccc(CNC(=O)CN2CCC(C3OCCO3)CC2)cc1OC. The van der Waals surface area contributed by atoms with Crippen LogP contribution in [0.25, 0.3) is 0 Å². The van der Waals surface area contributed by atoms with Crippen LogP contribution in [-0.4, -0.2) is 64.2 Å². The number of rotatable bonds is 7. The van der Waals surface area contributed by atoms with Crippen molar-refractivity contribution in [3.8, 4) is 11.5 Å². The molecule has 26 heavy (non-hydrogen) atoms. The van der Waals surface area contributed by atoms with Gasteiger partial charge in [0.15, 0.2) is 17.8 Å². The standard InChI is InChI=1S/C19H28N2O5/c1-23-16-4-3-14(11-17(16)24-2)12-20-18(22)13-21-7-5-15(6-8-21)19-25-9-10-26-19/h3-4,11,15,19H,5-10,12-13H2,1-2H3,(H,20,22). The first-order valence-electron chi connectivity index (χ1n) is 9.12. The molecule has 1 aromatic carbocycles. The van der Waals surface area contributed by atoms with Gasteiger partial charge in [0, 0.05) is 12.5 Å². The Hall–Kier alpha value is -1.83. The molecule has 0 bridgehead atoms. The molecule has 0 spiro atoms. The molecule has 2 aliphatic heterocycles. The first-order chi connectivity index (χ1) is 12.7. The molecular formula is C19H28N2O5. The van der Waals surface area contributed by atoms with Gasteiger partial charge in [-0.25, -0.2) is 0 Å². The van der Waals surface area contributed by atoms with Crippen molar-refractivity contribution in [2.75, 3.05) is 47.1 Å². The Bertz CT molecular complexity index is 596. The largest absolute Gasteiger partial charge is 0.493 e. The van der Waals surface area contributed by atoms with E-state index in [0.717, 1.165) is 31.5 Å². The fraction of sp³-hybridized carbons (Fsp3) is 0.632. The zero-order valence-electron chi connectivity index (χ0n) is 15.5. The third kappa shape index (κ3) is 4.87. The lowest BCUT2D eigenvalue weighted by atomic mass is 9.96. The number of piperidine rings is 1. The van der Waals surface area contributed by atoms with Gasteiger partial charge in [-0.3, -0.25) is 9.69 Å². The van der Waals surface area contributed by atoms with E-state index in [4.69, 9.17) is 18.9 Å². The zero-order chi connectivity index (χ0) is 18.4. The normalized spacial score (nSPS) is 19.5. The Morgan fingerprint density at radius 2 is 1.85 bits per heavy atom. The number of nitrogens with zero attached hydrogens (tertiary/aromatic N) is 1. The summed E-state index contributed by atoms with van der Waals surface area (Å²) >= 11 is 0. The highest BCUT2D eigenvalue weighted by molar-refractivity contribution is 5.78. The van der Waals surface area contributed by atoms with Crippen molar-refractivity contribution in [2.45, 2.75) is 25.7 Å². The molecule has 2 aliphatic rings. The van der Waals surface area contributed by atoms with Crippen LogP contribution in [-0.2, 0) is 20.8 Å². The van der Waals surface area contributed by atoms with Crippen molar-refractivity contribution in [2.24, 2.45) is 5.92 Å². The predicted octanol–water partition coefficient (Wildman–Crippen LogP) is 1.40. The number of likely N-dealkylation sites (tertiary alicyclic amines) is 1. The zero-order valence-corrected chi connectivity index (χ0v) is 15.5. The molecule has 0 atom stereocenters. The Morgan fingerprint density at radius 1 is 1.15 bits per heavy atom. The van der Waals surface area contributed by atoms with Gasteiger partial charge in [-0.05, 0) is 43.6 Å². The molecule has 1 N–H and O–H groups in total. The number of carbonyl (C=O) groups is 1. The second-order valence-electron chi connectivity index (χ2n) is 6.69. The highest BCUT2D eigenvalue weighted by Crippen LogP contribution is 2.27. The lowest BCUT2D eigenvalue weighted by Crippen LogP contribution is -2.43. The lowest BCUT2D eigenvalue weighted by Gasteiger charge is -2.33.